The third-order valence-electron chi connectivity index (χ3n) is 5.19. The predicted molar refractivity (Wildman–Crippen MR) is 111 cm³/mol. The van der Waals surface area contributed by atoms with Gasteiger partial charge in [-0.3, -0.25) is 9.48 Å². The SMILES string of the molecule is Cc1nn(CC(C)C)c(C)c1CC(=O)N1CCNCC1c1cccc(F)c1.Cl. The summed E-state index contributed by atoms with van der Waals surface area (Å²) in [4.78, 5) is 15.0. The number of nitrogens with one attached hydrogen (secondary N) is 1. The van der Waals surface area contributed by atoms with Gasteiger partial charge < -0.3 is 10.2 Å². The van der Waals surface area contributed by atoms with Gasteiger partial charge in [-0.2, -0.15) is 5.10 Å². The van der Waals surface area contributed by atoms with Crippen LogP contribution in [0.2, 0.25) is 0 Å². The third kappa shape index (κ3) is 4.92. The molecule has 1 amide bonds. The molecule has 1 aliphatic rings. The molecule has 1 N–H and O–H groups in total. The number of halogens is 2. The van der Waals surface area contributed by atoms with E-state index in [9.17, 15) is 9.18 Å². The molecule has 0 radical (unpaired) electrons. The van der Waals surface area contributed by atoms with Crippen LogP contribution in [0.1, 0.15) is 42.4 Å². The van der Waals surface area contributed by atoms with Crippen molar-refractivity contribution in [1.29, 1.82) is 0 Å². The molecule has 1 aromatic carbocycles. The van der Waals surface area contributed by atoms with Crippen LogP contribution in [0.25, 0.3) is 0 Å². The first-order chi connectivity index (χ1) is 12.9. The van der Waals surface area contributed by atoms with E-state index in [-0.39, 0.29) is 30.2 Å². The molecule has 0 aliphatic carbocycles. The first-order valence-corrected chi connectivity index (χ1v) is 9.65. The summed E-state index contributed by atoms with van der Waals surface area (Å²) in [5.74, 6) is 0.297. The fraction of sp³-hybridized carbons (Fsp3) is 0.524. The van der Waals surface area contributed by atoms with Gasteiger partial charge in [0.05, 0.1) is 18.2 Å². The number of hydrogen-bond acceptors (Lipinski definition) is 3. The van der Waals surface area contributed by atoms with Gasteiger partial charge in [0, 0.05) is 37.4 Å². The number of nitrogens with zero attached hydrogens (tertiary/aromatic N) is 3. The monoisotopic (exact) mass is 408 g/mol. The molecule has 28 heavy (non-hydrogen) atoms. The van der Waals surface area contributed by atoms with Crippen LogP contribution in [0.5, 0.6) is 0 Å². The third-order valence-corrected chi connectivity index (χ3v) is 5.19. The number of amides is 1. The summed E-state index contributed by atoms with van der Waals surface area (Å²) in [6.07, 6.45) is 0.335. The van der Waals surface area contributed by atoms with Gasteiger partial charge in [-0.05, 0) is 37.5 Å². The van der Waals surface area contributed by atoms with Crippen molar-refractivity contribution in [2.45, 2.75) is 46.7 Å². The molecule has 154 valence electrons. The molecule has 3 rings (SSSR count). The van der Waals surface area contributed by atoms with Crippen molar-refractivity contribution in [3.8, 4) is 0 Å². The van der Waals surface area contributed by atoms with E-state index in [0.717, 1.165) is 35.6 Å². The van der Waals surface area contributed by atoms with Crippen molar-refractivity contribution < 1.29 is 9.18 Å². The van der Waals surface area contributed by atoms with E-state index in [0.29, 0.717) is 25.4 Å². The summed E-state index contributed by atoms with van der Waals surface area (Å²) in [6, 6.07) is 6.40. The van der Waals surface area contributed by atoms with Gasteiger partial charge in [0.2, 0.25) is 5.91 Å². The molecule has 1 saturated heterocycles. The number of carbonyl (C=O) groups excluding carboxylic acids is 1. The molecule has 2 aromatic rings. The highest BCUT2D eigenvalue weighted by atomic mass is 35.5. The van der Waals surface area contributed by atoms with Crippen LogP contribution in [0.4, 0.5) is 4.39 Å². The van der Waals surface area contributed by atoms with Crippen LogP contribution in [-0.4, -0.2) is 40.2 Å². The molecule has 1 aromatic heterocycles. The van der Waals surface area contributed by atoms with Crippen molar-refractivity contribution in [1.82, 2.24) is 20.0 Å². The molecule has 0 bridgehead atoms. The van der Waals surface area contributed by atoms with Crippen LogP contribution < -0.4 is 5.32 Å². The molecule has 0 spiro atoms. The van der Waals surface area contributed by atoms with E-state index in [2.05, 4.69) is 24.3 Å². The largest absolute Gasteiger partial charge is 0.333 e. The number of rotatable bonds is 5. The normalized spacial score (nSPS) is 16.9. The zero-order valence-electron chi connectivity index (χ0n) is 17.0. The van der Waals surface area contributed by atoms with Gasteiger partial charge in [-0.15, -0.1) is 12.4 Å². The lowest BCUT2D eigenvalue weighted by Gasteiger charge is -2.36. The van der Waals surface area contributed by atoms with Gasteiger partial charge in [0.1, 0.15) is 5.82 Å². The average molecular weight is 409 g/mol. The minimum atomic E-state index is -0.271. The topological polar surface area (TPSA) is 50.2 Å². The lowest BCUT2D eigenvalue weighted by molar-refractivity contribution is -0.133. The quantitative estimate of drug-likeness (QED) is 0.824. The van der Waals surface area contributed by atoms with Crippen LogP contribution >= 0.6 is 12.4 Å². The molecular formula is C21H30ClFN4O. The van der Waals surface area contributed by atoms with E-state index < -0.39 is 0 Å². The Labute approximate surface area is 172 Å². The molecule has 0 saturated carbocycles. The Morgan fingerprint density at radius 2 is 2.11 bits per heavy atom. The fourth-order valence-electron chi connectivity index (χ4n) is 3.78. The van der Waals surface area contributed by atoms with Crippen LogP contribution in [0.3, 0.4) is 0 Å². The Balaban J connectivity index is 0.00000280. The van der Waals surface area contributed by atoms with Crippen LogP contribution in [0, 0.1) is 25.6 Å². The van der Waals surface area contributed by atoms with Crippen molar-refractivity contribution in [3.05, 3.63) is 52.6 Å². The molecule has 7 heteroatoms. The fourth-order valence-corrected chi connectivity index (χ4v) is 3.78. The van der Waals surface area contributed by atoms with Crippen molar-refractivity contribution in [2.24, 2.45) is 5.92 Å². The van der Waals surface area contributed by atoms with Gasteiger partial charge in [0.25, 0.3) is 0 Å². The highest BCUT2D eigenvalue weighted by Gasteiger charge is 2.29. The summed E-state index contributed by atoms with van der Waals surface area (Å²) in [6.45, 7) is 11.2. The number of hydrogen-bond donors (Lipinski definition) is 1. The van der Waals surface area contributed by atoms with Gasteiger partial charge in [-0.1, -0.05) is 26.0 Å². The van der Waals surface area contributed by atoms with E-state index >= 15 is 0 Å². The number of benzene rings is 1. The summed E-state index contributed by atoms with van der Waals surface area (Å²) < 4.78 is 15.7. The predicted octanol–water partition coefficient (Wildman–Crippen LogP) is 3.43. The van der Waals surface area contributed by atoms with Crippen molar-refractivity contribution in [2.75, 3.05) is 19.6 Å². The van der Waals surface area contributed by atoms with Crippen LogP contribution in [-0.2, 0) is 17.8 Å². The maximum atomic E-state index is 13.7. The number of piperazine rings is 1. The standard InChI is InChI=1S/C21H29FN4O.ClH/c1-14(2)13-26-16(4)19(15(3)24-26)11-21(27)25-9-8-23-12-20(25)17-6-5-7-18(22)10-17;/h5-7,10,14,20,23H,8-9,11-13H2,1-4H3;1H. The molecule has 1 unspecified atom stereocenters. The minimum Gasteiger partial charge on any atom is -0.333 e. The Kier molecular flexibility index (Phi) is 7.61. The molecular weight excluding hydrogens is 379 g/mol. The van der Waals surface area contributed by atoms with Crippen molar-refractivity contribution >= 4 is 18.3 Å². The summed E-state index contributed by atoms with van der Waals surface area (Å²) in [5, 5.41) is 7.94. The minimum absolute atomic E-state index is 0. The Bertz CT molecular complexity index is 821. The zero-order chi connectivity index (χ0) is 19.6. The average Bonchev–Trinajstić information content (AvgIpc) is 2.88. The lowest BCUT2D eigenvalue weighted by Crippen LogP contribution is -2.49. The molecule has 1 atom stereocenters. The maximum absolute atomic E-state index is 13.7. The highest BCUT2D eigenvalue weighted by Crippen LogP contribution is 2.25. The zero-order valence-corrected chi connectivity index (χ0v) is 17.9. The van der Waals surface area contributed by atoms with E-state index in [1.54, 1.807) is 6.07 Å². The molecule has 1 fully saturated rings. The van der Waals surface area contributed by atoms with Gasteiger partial charge in [0.15, 0.2) is 0 Å². The summed E-state index contributed by atoms with van der Waals surface area (Å²) in [5.41, 5.74) is 3.82. The Hall–Kier alpha value is -1.92. The van der Waals surface area contributed by atoms with Crippen LogP contribution in [0.15, 0.2) is 24.3 Å². The first-order valence-electron chi connectivity index (χ1n) is 9.65. The second kappa shape index (κ2) is 9.52. The smallest absolute Gasteiger partial charge is 0.227 e. The van der Waals surface area contributed by atoms with Gasteiger partial charge >= 0.3 is 0 Å². The Morgan fingerprint density at radius 3 is 2.79 bits per heavy atom. The Morgan fingerprint density at radius 1 is 1.36 bits per heavy atom. The van der Waals surface area contributed by atoms with E-state index in [1.807, 2.05) is 29.5 Å². The first kappa shape index (κ1) is 22.4. The summed E-state index contributed by atoms with van der Waals surface area (Å²) in [7, 11) is 0. The highest BCUT2D eigenvalue weighted by molar-refractivity contribution is 5.85. The summed E-state index contributed by atoms with van der Waals surface area (Å²) >= 11 is 0. The van der Waals surface area contributed by atoms with E-state index in [1.165, 1.54) is 12.1 Å². The van der Waals surface area contributed by atoms with Crippen molar-refractivity contribution in [3.63, 3.8) is 0 Å². The number of aryl methyl sites for hydroxylation is 1. The van der Waals surface area contributed by atoms with E-state index in [4.69, 9.17) is 0 Å². The molecule has 1 aliphatic heterocycles. The molecule has 5 nitrogen and oxygen atoms in total. The molecule has 2 heterocycles. The number of carbonyl (C=O) groups is 1. The maximum Gasteiger partial charge on any atom is 0.227 e. The lowest BCUT2D eigenvalue weighted by atomic mass is 10.0. The second-order valence-electron chi connectivity index (χ2n) is 7.76. The van der Waals surface area contributed by atoms with Gasteiger partial charge in [-0.25, -0.2) is 4.39 Å². The number of aromatic nitrogens is 2. The second-order valence-corrected chi connectivity index (χ2v) is 7.76.